The summed E-state index contributed by atoms with van der Waals surface area (Å²) < 4.78 is 0. The maximum atomic E-state index is 4.00. The predicted molar refractivity (Wildman–Crippen MR) is 65.3 cm³/mol. The quantitative estimate of drug-likeness (QED) is 0.541. The predicted octanol–water partition coefficient (Wildman–Crippen LogP) is 4.38. The van der Waals surface area contributed by atoms with Gasteiger partial charge in [-0.15, -0.1) is 17.7 Å². The van der Waals surface area contributed by atoms with Gasteiger partial charge in [-0.3, -0.25) is 0 Å². The minimum absolute atomic E-state index is 1.08. The van der Waals surface area contributed by atoms with Gasteiger partial charge >= 0.3 is 30.0 Å². The first-order valence-corrected chi connectivity index (χ1v) is 11.6. The summed E-state index contributed by atoms with van der Waals surface area (Å²) in [4.78, 5) is 0. The second-order valence-corrected chi connectivity index (χ2v) is 3.02. The van der Waals surface area contributed by atoms with E-state index in [-0.39, 0.29) is 0 Å². The van der Waals surface area contributed by atoms with Crippen molar-refractivity contribution < 1.29 is 16.3 Å². The fourth-order valence-corrected chi connectivity index (χ4v) is 1.42. The van der Waals surface area contributed by atoms with Crippen LogP contribution in [0.5, 0.6) is 0 Å². The van der Waals surface area contributed by atoms with Gasteiger partial charge in [0, 0.05) is 0 Å². The van der Waals surface area contributed by atoms with Crippen molar-refractivity contribution in [2.75, 3.05) is 0 Å². The van der Waals surface area contributed by atoms with E-state index < -0.39 is 0 Å². The summed E-state index contributed by atoms with van der Waals surface area (Å²) in [5, 5.41) is 0. The van der Waals surface area contributed by atoms with Crippen LogP contribution in [0.2, 0.25) is 0 Å². The van der Waals surface area contributed by atoms with Crippen molar-refractivity contribution in [2.24, 2.45) is 0 Å². The first kappa shape index (κ1) is 12.5. The number of rotatable bonds is 1. The number of hydrogen-bond donors (Lipinski definition) is 0. The average Bonchev–Trinajstić information content (AvgIpc) is 2.33. The van der Waals surface area contributed by atoms with E-state index >= 15 is 0 Å². The van der Waals surface area contributed by atoms with Gasteiger partial charge in [-0.05, 0) is 0 Å². The van der Waals surface area contributed by atoms with Crippen LogP contribution in [0.25, 0.3) is 11.1 Å². The molecule has 72 valence electrons. The number of hydrogen-bond acceptors (Lipinski definition) is 0. The second-order valence-electron chi connectivity index (χ2n) is 3.02. The van der Waals surface area contributed by atoms with Crippen LogP contribution in [-0.2, 0) is 16.3 Å². The second kappa shape index (κ2) is 6.82. The molecule has 15 heavy (non-hydrogen) atoms. The molecule has 0 bridgehead atoms. The van der Waals surface area contributed by atoms with Crippen LogP contribution in [0.4, 0.5) is 0 Å². The summed E-state index contributed by atoms with van der Waals surface area (Å²) in [7, 11) is 0. The third-order valence-electron chi connectivity index (χ3n) is 2.10. The average molecular weight is 313 g/mol. The fraction of sp³-hybridized carbons (Fsp3) is 0. The summed E-state index contributed by atoms with van der Waals surface area (Å²) in [5.74, 6) is 0. The Balaban J connectivity index is 0.000000531. The first-order valence-electron chi connectivity index (χ1n) is 4.61. The van der Waals surface area contributed by atoms with Crippen LogP contribution >= 0.6 is 13.6 Å². The Morgan fingerprint density at radius 1 is 0.800 bits per heavy atom. The van der Waals surface area contributed by atoms with Crippen LogP contribution in [0.1, 0.15) is 5.56 Å². The molecule has 0 nitrogen and oxygen atoms in total. The van der Waals surface area contributed by atoms with E-state index in [4.69, 9.17) is 0 Å². The molecule has 2 aromatic carbocycles. The van der Waals surface area contributed by atoms with E-state index in [0.29, 0.717) is 0 Å². The van der Waals surface area contributed by atoms with Gasteiger partial charge in [0.15, 0.2) is 0 Å². The molecule has 0 radical (unpaired) electrons. The van der Waals surface area contributed by atoms with Crippen molar-refractivity contribution in [3.63, 3.8) is 0 Å². The molecule has 0 aliphatic rings. The van der Waals surface area contributed by atoms with Gasteiger partial charge < -0.3 is 0 Å². The molecule has 0 aromatic heterocycles. The molecule has 0 fully saturated rings. The normalized spacial score (nSPS) is 9.00. The molecule has 0 saturated carbocycles. The van der Waals surface area contributed by atoms with Gasteiger partial charge in [0.2, 0.25) is 0 Å². The van der Waals surface area contributed by atoms with E-state index in [1.807, 2.05) is 36.4 Å². The summed E-state index contributed by atoms with van der Waals surface area (Å²) in [6, 6.07) is 18.5. The maximum absolute atomic E-state index is 4.00. The summed E-state index contributed by atoms with van der Waals surface area (Å²) in [6.07, 6.45) is 0. The molecule has 0 saturated heterocycles. The summed E-state index contributed by atoms with van der Waals surface area (Å²) in [5.41, 5.74) is 3.52. The van der Waals surface area contributed by atoms with Crippen molar-refractivity contribution in [2.45, 2.75) is 0 Å². The standard InChI is InChI=1S/C13H11.BrH.Zn/c1-11-7-5-6-10-13(11)12-8-3-2-4-9-12;;/h2-10H,1H2;1H;/q-1;;+2/p-1. The minimum atomic E-state index is 1.08. The number of benzene rings is 2. The van der Waals surface area contributed by atoms with Crippen molar-refractivity contribution in [1.82, 2.24) is 0 Å². The molecular formula is C13H11BrZn. The zero-order chi connectivity index (χ0) is 11.1. The zero-order valence-corrected chi connectivity index (χ0v) is 13.0. The zero-order valence-electron chi connectivity index (χ0n) is 8.49. The van der Waals surface area contributed by atoms with Gasteiger partial charge in [-0.1, -0.05) is 42.0 Å². The molecule has 2 rings (SSSR count). The van der Waals surface area contributed by atoms with Gasteiger partial charge in [0.25, 0.3) is 0 Å². The van der Waals surface area contributed by atoms with Crippen molar-refractivity contribution in [3.8, 4) is 11.1 Å². The molecule has 0 amide bonds. The van der Waals surface area contributed by atoms with E-state index in [1.165, 1.54) is 27.5 Å². The Morgan fingerprint density at radius 3 is 1.93 bits per heavy atom. The number of halogens is 1. The van der Waals surface area contributed by atoms with Gasteiger partial charge in [0.1, 0.15) is 0 Å². The third kappa shape index (κ3) is 3.48. The van der Waals surface area contributed by atoms with Crippen molar-refractivity contribution in [1.29, 1.82) is 0 Å². The Bertz CT molecular complexity index is 398. The molecule has 2 heteroatoms. The van der Waals surface area contributed by atoms with Crippen LogP contribution in [0, 0.1) is 6.92 Å². The van der Waals surface area contributed by atoms with Crippen molar-refractivity contribution >= 4 is 13.6 Å². The van der Waals surface area contributed by atoms with Gasteiger partial charge in [-0.2, -0.15) is 18.6 Å². The summed E-state index contributed by atoms with van der Waals surface area (Å²) >= 11 is 4.25. The van der Waals surface area contributed by atoms with E-state index in [2.05, 4.69) is 38.7 Å². The Hall–Kier alpha value is -0.587. The Labute approximate surface area is 108 Å². The van der Waals surface area contributed by atoms with E-state index in [0.717, 1.165) is 5.56 Å². The van der Waals surface area contributed by atoms with E-state index in [1.54, 1.807) is 0 Å². The molecule has 0 heterocycles. The third-order valence-corrected chi connectivity index (χ3v) is 2.10. The molecule has 2 aromatic rings. The molecular weight excluding hydrogens is 301 g/mol. The van der Waals surface area contributed by atoms with Crippen LogP contribution < -0.4 is 0 Å². The van der Waals surface area contributed by atoms with Gasteiger partial charge in [0.05, 0.1) is 0 Å². The molecule has 0 unspecified atom stereocenters. The molecule has 0 aliphatic heterocycles. The SMILES string of the molecule is [CH2-]c1ccccc1-c1ccccc1.[Zn+][Br]. The first-order chi connectivity index (χ1) is 7.38. The molecule has 0 spiro atoms. The van der Waals surface area contributed by atoms with Crippen LogP contribution in [0.3, 0.4) is 0 Å². The fourth-order valence-electron chi connectivity index (χ4n) is 1.42. The van der Waals surface area contributed by atoms with Crippen molar-refractivity contribution in [3.05, 3.63) is 67.1 Å². The van der Waals surface area contributed by atoms with Crippen LogP contribution in [-0.4, -0.2) is 0 Å². The van der Waals surface area contributed by atoms with Gasteiger partial charge in [-0.25, -0.2) is 0 Å². The topological polar surface area (TPSA) is 0 Å². The summed E-state index contributed by atoms with van der Waals surface area (Å²) in [6.45, 7) is 4.00. The van der Waals surface area contributed by atoms with E-state index in [9.17, 15) is 0 Å². The van der Waals surface area contributed by atoms with Crippen LogP contribution in [0.15, 0.2) is 54.6 Å². The molecule has 0 atom stereocenters. The Morgan fingerprint density at radius 2 is 1.33 bits per heavy atom. The Kier molecular flexibility index (Phi) is 5.67. The molecule has 0 N–H and O–H groups in total. The monoisotopic (exact) mass is 310 g/mol. The molecule has 0 aliphatic carbocycles.